The number of carbonyl (C=O) groups excluding carboxylic acids is 1. The van der Waals surface area contributed by atoms with Gasteiger partial charge in [0.1, 0.15) is 0 Å². The topological polar surface area (TPSA) is 50.4 Å². The first kappa shape index (κ1) is 14.5. The lowest BCUT2D eigenvalue weighted by Gasteiger charge is -2.13. The minimum absolute atomic E-state index is 0.0295. The van der Waals surface area contributed by atoms with Crippen LogP contribution in [0.15, 0.2) is 18.2 Å². The van der Waals surface area contributed by atoms with E-state index in [1.807, 2.05) is 39.1 Å². The van der Waals surface area contributed by atoms with E-state index in [9.17, 15) is 4.79 Å². The molecule has 4 heteroatoms. The zero-order chi connectivity index (χ0) is 13.5. The summed E-state index contributed by atoms with van der Waals surface area (Å²) >= 11 is 0. The largest absolute Gasteiger partial charge is 0.388 e. The van der Waals surface area contributed by atoms with Crippen LogP contribution in [-0.4, -0.2) is 33.2 Å². The van der Waals surface area contributed by atoms with E-state index in [1.165, 1.54) is 0 Å². The molecule has 1 aromatic carbocycles. The van der Waals surface area contributed by atoms with Gasteiger partial charge in [-0.05, 0) is 36.6 Å². The molecule has 0 heterocycles. The van der Waals surface area contributed by atoms with E-state index in [2.05, 4.69) is 10.6 Å². The predicted octanol–water partition coefficient (Wildman–Crippen LogP) is 2.05. The molecule has 1 atom stereocenters. The molecule has 0 aliphatic heterocycles. The van der Waals surface area contributed by atoms with Gasteiger partial charge in [0.25, 0.3) is 5.91 Å². The summed E-state index contributed by atoms with van der Waals surface area (Å²) in [4.78, 5) is 12.0. The maximum Gasteiger partial charge on any atom is 0.251 e. The molecule has 0 aliphatic carbocycles. The Morgan fingerprint density at radius 3 is 2.72 bits per heavy atom. The van der Waals surface area contributed by atoms with Crippen molar-refractivity contribution in [3.63, 3.8) is 0 Å². The zero-order valence-corrected chi connectivity index (χ0v) is 11.5. The lowest BCUT2D eigenvalue weighted by molar-refractivity contribution is 0.0933. The predicted molar refractivity (Wildman–Crippen MR) is 74.1 cm³/mol. The highest BCUT2D eigenvalue weighted by molar-refractivity contribution is 5.96. The van der Waals surface area contributed by atoms with Gasteiger partial charge in [0.05, 0.1) is 6.61 Å². The maximum absolute atomic E-state index is 12.0. The van der Waals surface area contributed by atoms with Crippen LogP contribution in [0, 0.1) is 12.8 Å². The van der Waals surface area contributed by atoms with Crippen LogP contribution in [0.5, 0.6) is 0 Å². The molecule has 0 bridgehead atoms. The first-order valence-electron chi connectivity index (χ1n) is 6.14. The Kier molecular flexibility index (Phi) is 5.65. The number of methoxy groups -OCH3 is 1. The van der Waals surface area contributed by atoms with Gasteiger partial charge >= 0.3 is 0 Å². The average Bonchev–Trinajstić information content (AvgIpc) is 2.36. The molecule has 18 heavy (non-hydrogen) atoms. The van der Waals surface area contributed by atoms with Gasteiger partial charge in [0.15, 0.2) is 0 Å². The molecule has 0 spiro atoms. The van der Waals surface area contributed by atoms with Gasteiger partial charge in [-0.1, -0.05) is 6.92 Å². The minimum Gasteiger partial charge on any atom is -0.388 e. The first-order chi connectivity index (χ1) is 8.58. The number of benzene rings is 1. The number of rotatable bonds is 6. The van der Waals surface area contributed by atoms with Crippen molar-refractivity contribution < 1.29 is 9.53 Å². The minimum atomic E-state index is -0.0295. The van der Waals surface area contributed by atoms with Crippen molar-refractivity contribution in [3.05, 3.63) is 29.3 Å². The molecule has 1 rings (SSSR count). The smallest absolute Gasteiger partial charge is 0.251 e. The lowest BCUT2D eigenvalue weighted by atomic mass is 10.1. The molecule has 0 aromatic heterocycles. The van der Waals surface area contributed by atoms with Crippen LogP contribution in [0.25, 0.3) is 0 Å². The van der Waals surface area contributed by atoms with Crippen molar-refractivity contribution in [2.24, 2.45) is 5.92 Å². The number of anilines is 1. The summed E-state index contributed by atoms with van der Waals surface area (Å²) in [5.41, 5.74) is 2.70. The maximum atomic E-state index is 12.0. The van der Waals surface area contributed by atoms with Crippen LogP contribution in [0.3, 0.4) is 0 Å². The molecule has 0 aliphatic rings. The molecular weight excluding hydrogens is 228 g/mol. The van der Waals surface area contributed by atoms with E-state index in [4.69, 9.17) is 4.74 Å². The molecule has 2 N–H and O–H groups in total. The van der Waals surface area contributed by atoms with Crippen LogP contribution in [0.4, 0.5) is 5.69 Å². The fraction of sp³-hybridized carbons (Fsp3) is 0.500. The zero-order valence-electron chi connectivity index (χ0n) is 11.5. The molecule has 100 valence electrons. The number of carbonyl (C=O) groups is 1. The summed E-state index contributed by atoms with van der Waals surface area (Å²) < 4.78 is 5.04. The van der Waals surface area contributed by atoms with E-state index < -0.39 is 0 Å². The summed E-state index contributed by atoms with van der Waals surface area (Å²) in [7, 11) is 3.53. The van der Waals surface area contributed by atoms with Crippen LogP contribution in [0.1, 0.15) is 22.8 Å². The Hall–Kier alpha value is -1.55. The van der Waals surface area contributed by atoms with Gasteiger partial charge in [0.2, 0.25) is 0 Å². The van der Waals surface area contributed by atoms with E-state index in [0.717, 1.165) is 16.8 Å². The molecule has 4 nitrogen and oxygen atoms in total. The number of nitrogens with one attached hydrogen (secondary N) is 2. The molecule has 1 amide bonds. The first-order valence-corrected chi connectivity index (χ1v) is 6.14. The summed E-state index contributed by atoms with van der Waals surface area (Å²) in [6.45, 7) is 5.26. The van der Waals surface area contributed by atoms with E-state index in [1.54, 1.807) is 7.11 Å². The number of amides is 1. The van der Waals surface area contributed by atoms with Crippen molar-refractivity contribution in [1.29, 1.82) is 0 Å². The van der Waals surface area contributed by atoms with Gasteiger partial charge < -0.3 is 15.4 Å². The second-order valence-electron chi connectivity index (χ2n) is 4.55. The normalized spacial score (nSPS) is 12.0. The Morgan fingerprint density at radius 2 is 2.17 bits per heavy atom. The second-order valence-corrected chi connectivity index (χ2v) is 4.55. The van der Waals surface area contributed by atoms with Crippen molar-refractivity contribution in [3.8, 4) is 0 Å². The van der Waals surface area contributed by atoms with Gasteiger partial charge in [-0.25, -0.2) is 0 Å². The Bertz CT molecular complexity index is 405. The molecule has 0 saturated carbocycles. The number of ether oxygens (including phenoxy) is 1. The van der Waals surface area contributed by atoms with Crippen LogP contribution < -0.4 is 10.6 Å². The van der Waals surface area contributed by atoms with Crippen molar-refractivity contribution in [2.75, 3.05) is 32.6 Å². The van der Waals surface area contributed by atoms with Crippen molar-refractivity contribution >= 4 is 11.6 Å². The summed E-state index contributed by atoms with van der Waals surface area (Å²) in [6, 6.07) is 5.71. The highest BCUT2D eigenvalue weighted by Gasteiger charge is 2.10. The van der Waals surface area contributed by atoms with E-state index in [0.29, 0.717) is 19.1 Å². The molecule has 1 unspecified atom stereocenters. The van der Waals surface area contributed by atoms with Crippen molar-refractivity contribution in [1.82, 2.24) is 5.32 Å². The average molecular weight is 250 g/mol. The van der Waals surface area contributed by atoms with Gasteiger partial charge in [-0.3, -0.25) is 4.79 Å². The van der Waals surface area contributed by atoms with Crippen LogP contribution in [0.2, 0.25) is 0 Å². The van der Waals surface area contributed by atoms with Gasteiger partial charge in [-0.2, -0.15) is 0 Å². The Labute approximate surface area is 109 Å². The highest BCUT2D eigenvalue weighted by Crippen LogP contribution is 2.14. The SMILES string of the molecule is CNc1ccc(C(=O)NCC(C)COC)c(C)c1. The Morgan fingerprint density at radius 1 is 1.44 bits per heavy atom. The van der Waals surface area contributed by atoms with Gasteiger partial charge in [0, 0.05) is 32.0 Å². The molecule has 1 aromatic rings. The third kappa shape index (κ3) is 4.04. The standard InChI is InChI=1S/C14H22N2O2/c1-10(9-18-4)8-16-14(17)13-6-5-12(15-3)7-11(13)2/h5-7,10,15H,8-9H2,1-4H3,(H,16,17). The fourth-order valence-corrected chi connectivity index (χ4v) is 1.78. The third-order valence-corrected chi connectivity index (χ3v) is 2.82. The van der Waals surface area contributed by atoms with E-state index >= 15 is 0 Å². The summed E-state index contributed by atoms with van der Waals surface area (Å²) in [5.74, 6) is 0.286. The number of aryl methyl sites for hydroxylation is 1. The third-order valence-electron chi connectivity index (χ3n) is 2.82. The van der Waals surface area contributed by atoms with Crippen LogP contribution in [-0.2, 0) is 4.74 Å². The number of hydrogen-bond acceptors (Lipinski definition) is 3. The molecule has 0 saturated heterocycles. The van der Waals surface area contributed by atoms with Crippen molar-refractivity contribution in [2.45, 2.75) is 13.8 Å². The van der Waals surface area contributed by atoms with Crippen LogP contribution >= 0.6 is 0 Å². The summed E-state index contributed by atoms with van der Waals surface area (Å²) in [5, 5.41) is 5.98. The molecular formula is C14H22N2O2. The highest BCUT2D eigenvalue weighted by atomic mass is 16.5. The number of hydrogen-bond donors (Lipinski definition) is 2. The van der Waals surface area contributed by atoms with Gasteiger partial charge in [-0.15, -0.1) is 0 Å². The second kappa shape index (κ2) is 7.01. The lowest BCUT2D eigenvalue weighted by Crippen LogP contribution is -2.30. The van der Waals surface area contributed by atoms with E-state index in [-0.39, 0.29) is 5.91 Å². The quantitative estimate of drug-likeness (QED) is 0.812. The molecule has 0 radical (unpaired) electrons. The molecule has 0 fully saturated rings. The fourth-order valence-electron chi connectivity index (χ4n) is 1.78. The Balaban J connectivity index is 2.61. The monoisotopic (exact) mass is 250 g/mol. The summed E-state index contributed by atoms with van der Waals surface area (Å²) in [6.07, 6.45) is 0.